The number of pyridine rings is 2. The number of methoxy groups -OCH3 is 1. The molecule has 6 heterocycles. The number of aromatic amines is 1. The number of fused-ring (bicyclic) bond motifs is 2. The maximum absolute atomic E-state index is 13.6. The molecule has 0 radical (unpaired) electrons. The highest BCUT2D eigenvalue weighted by molar-refractivity contribution is 5.90. The van der Waals surface area contributed by atoms with Crippen LogP contribution in [0, 0.1) is 0 Å². The fraction of sp³-hybridized carbons (Fsp3) is 0.217. The number of alkyl halides is 2. The Morgan fingerprint density at radius 3 is 2.89 bits per heavy atom. The Kier molecular flexibility index (Phi) is 5.16. The maximum atomic E-state index is 13.6. The summed E-state index contributed by atoms with van der Waals surface area (Å²) in [4.78, 5) is 26.7. The number of amides is 1. The van der Waals surface area contributed by atoms with E-state index >= 15 is 0 Å². The number of rotatable bonds is 5. The summed E-state index contributed by atoms with van der Waals surface area (Å²) in [6.07, 6.45) is 0.827. The standard InChI is InChI=1S/C23H18F2N8O3/c1-35-13-5-6-15(26-10-13)21-29-30-22(36-21)23(34)32-8-7-14-18(28-11-27-14)19(32)16-9-12-3-2-4-17(20(24)25)33(12)31-16/h2-6,9-11,19-20H,7-8H2,1H3,(H,27,28)/t19-/m0/s1. The van der Waals surface area contributed by atoms with Crippen molar-refractivity contribution in [1.82, 2.24) is 39.7 Å². The van der Waals surface area contributed by atoms with Crippen LogP contribution in [0.5, 0.6) is 5.75 Å². The molecule has 182 valence electrons. The van der Waals surface area contributed by atoms with Crippen molar-refractivity contribution in [2.45, 2.75) is 18.9 Å². The van der Waals surface area contributed by atoms with Crippen LogP contribution in [0.3, 0.4) is 0 Å². The van der Waals surface area contributed by atoms with E-state index in [1.165, 1.54) is 35.1 Å². The van der Waals surface area contributed by atoms with Crippen LogP contribution in [-0.4, -0.2) is 59.2 Å². The molecule has 1 amide bonds. The van der Waals surface area contributed by atoms with Crippen LogP contribution in [0.1, 0.15) is 45.9 Å². The first-order chi connectivity index (χ1) is 17.5. The summed E-state index contributed by atoms with van der Waals surface area (Å²) in [7, 11) is 1.53. The molecule has 5 aromatic heterocycles. The molecular weight excluding hydrogens is 474 g/mol. The number of ether oxygens (including phenoxy) is 1. The van der Waals surface area contributed by atoms with Crippen molar-refractivity contribution in [2.75, 3.05) is 13.7 Å². The number of halogens is 2. The summed E-state index contributed by atoms with van der Waals surface area (Å²) in [5.74, 6) is -0.136. The van der Waals surface area contributed by atoms with Gasteiger partial charge in [-0.3, -0.25) is 4.79 Å². The van der Waals surface area contributed by atoms with E-state index in [4.69, 9.17) is 9.15 Å². The van der Waals surface area contributed by atoms with Crippen molar-refractivity contribution < 1.29 is 22.7 Å². The molecule has 1 aliphatic rings. The minimum Gasteiger partial charge on any atom is -0.495 e. The molecule has 0 bridgehead atoms. The second-order valence-corrected chi connectivity index (χ2v) is 8.07. The zero-order chi connectivity index (χ0) is 24.8. The lowest BCUT2D eigenvalue weighted by Gasteiger charge is -2.32. The minimum atomic E-state index is -2.71. The molecule has 1 atom stereocenters. The van der Waals surface area contributed by atoms with Gasteiger partial charge in [0, 0.05) is 18.7 Å². The van der Waals surface area contributed by atoms with Gasteiger partial charge in [0.15, 0.2) is 0 Å². The summed E-state index contributed by atoms with van der Waals surface area (Å²) >= 11 is 0. The Hall–Kier alpha value is -4.68. The summed E-state index contributed by atoms with van der Waals surface area (Å²) in [6, 6.07) is 8.77. The number of aromatic nitrogens is 7. The molecule has 13 heteroatoms. The molecule has 0 aliphatic carbocycles. The van der Waals surface area contributed by atoms with Crippen LogP contribution in [-0.2, 0) is 6.42 Å². The van der Waals surface area contributed by atoms with E-state index in [-0.39, 0.29) is 17.5 Å². The highest BCUT2D eigenvalue weighted by Crippen LogP contribution is 2.35. The van der Waals surface area contributed by atoms with Gasteiger partial charge in [0.25, 0.3) is 12.3 Å². The van der Waals surface area contributed by atoms with Gasteiger partial charge in [-0.1, -0.05) is 6.07 Å². The van der Waals surface area contributed by atoms with E-state index in [0.29, 0.717) is 41.3 Å². The zero-order valence-electron chi connectivity index (χ0n) is 18.8. The van der Waals surface area contributed by atoms with Crippen LogP contribution in [0.15, 0.2) is 53.3 Å². The molecule has 0 fully saturated rings. The first-order valence-electron chi connectivity index (χ1n) is 11.0. The lowest BCUT2D eigenvalue weighted by atomic mass is 9.99. The quantitative estimate of drug-likeness (QED) is 0.396. The Morgan fingerprint density at radius 2 is 2.11 bits per heavy atom. The van der Waals surface area contributed by atoms with Crippen molar-refractivity contribution >= 4 is 11.4 Å². The van der Waals surface area contributed by atoms with E-state index < -0.39 is 18.4 Å². The third kappa shape index (κ3) is 3.56. The molecule has 0 saturated heterocycles. The molecule has 1 aliphatic heterocycles. The molecule has 0 saturated carbocycles. The number of imidazole rings is 1. The number of carbonyl (C=O) groups is 1. The molecule has 6 rings (SSSR count). The van der Waals surface area contributed by atoms with E-state index in [0.717, 1.165) is 5.69 Å². The number of carbonyl (C=O) groups excluding carboxylic acids is 1. The Bertz CT molecular complexity index is 1560. The fourth-order valence-corrected chi connectivity index (χ4v) is 4.31. The van der Waals surface area contributed by atoms with Crippen molar-refractivity contribution in [3.05, 3.63) is 77.6 Å². The topological polar surface area (TPSA) is 127 Å². The normalized spacial score (nSPS) is 15.4. The molecule has 5 aromatic rings. The lowest BCUT2D eigenvalue weighted by Crippen LogP contribution is -2.41. The van der Waals surface area contributed by atoms with E-state index in [9.17, 15) is 13.6 Å². The SMILES string of the molecule is COc1ccc(-c2nnc(C(=O)N3CCc4[nH]cnc4[C@@H]3c3cc4cccc(C(F)F)n4n3)o2)nc1. The van der Waals surface area contributed by atoms with Crippen LogP contribution in [0.2, 0.25) is 0 Å². The molecular formula is C23H18F2N8O3. The van der Waals surface area contributed by atoms with Gasteiger partial charge in [0.1, 0.15) is 23.2 Å². The zero-order valence-corrected chi connectivity index (χ0v) is 18.8. The Morgan fingerprint density at radius 1 is 1.22 bits per heavy atom. The lowest BCUT2D eigenvalue weighted by molar-refractivity contribution is 0.0646. The summed E-state index contributed by atoms with van der Waals surface area (Å²) < 4.78 is 39.1. The predicted octanol–water partition coefficient (Wildman–Crippen LogP) is 3.24. The van der Waals surface area contributed by atoms with Gasteiger partial charge < -0.3 is 19.0 Å². The number of H-pyrrole nitrogens is 1. The highest BCUT2D eigenvalue weighted by atomic mass is 19.3. The van der Waals surface area contributed by atoms with Gasteiger partial charge in [0.2, 0.25) is 0 Å². The van der Waals surface area contributed by atoms with Gasteiger partial charge in [-0.15, -0.1) is 10.2 Å². The van der Waals surface area contributed by atoms with E-state index in [1.807, 2.05) is 0 Å². The molecule has 11 nitrogen and oxygen atoms in total. The summed E-state index contributed by atoms with van der Waals surface area (Å²) in [5.41, 5.74) is 2.41. The first kappa shape index (κ1) is 21.8. The largest absolute Gasteiger partial charge is 0.495 e. The molecule has 0 spiro atoms. The second-order valence-electron chi connectivity index (χ2n) is 8.07. The third-order valence-electron chi connectivity index (χ3n) is 6.02. The van der Waals surface area contributed by atoms with E-state index in [1.54, 1.807) is 30.3 Å². The number of hydrogen-bond donors (Lipinski definition) is 1. The highest BCUT2D eigenvalue weighted by Gasteiger charge is 2.38. The minimum absolute atomic E-state index is 0.0735. The first-order valence-corrected chi connectivity index (χ1v) is 11.0. The van der Waals surface area contributed by atoms with E-state index in [2.05, 4.69) is 30.2 Å². The number of hydrogen-bond acceptors (Lipinski definition) is 8. The summed E-state index contributed by atoms with van der Waals surface area (Å²) in [6.45, 7) is 0.298. The monoisotopic (exact) mass is 492 g/mol. The third-order valence-corrected chi connectivity index (χ3v) is 6.02. The number of nitrogens with zero attached hydrogens (tertiary/aromatic N) is 7. The average molecular weight is 492 g/mol. The number of nitrogens with one attached hydrogen (secondary N) is 1. The van der Waals surface area contributed by atoms with Crippen LogP contribution >= 0.6 is 0 Å². The van der Waals surface area contributed by atoms with Crippen molar-refractivity contribution in [3.8, 4) is 17.3 Å². The van der Waals surface area contributed by atoms with Crippen LogP contribution < -0.4 is 4.74 Å². The molecule has 1 N–H and O–H groups in total. The molecule has 0 unspecified atom stereocenters. The van der Waals surface area contributed by atoms with Crippen LogP contribution in [0.25, 0.3) is 17.1 Å². The van der Waals surface area contributed by atoms with Gasteiger partial charge in [0.05, 0.1) is 36.5 Å². The fourth-order valence-electron chi connectivity index (χ4n) is 4.31. The van der Waals surface area contributed by atoms with Gasteiger partial charge in [-0.25, -0.2) is 23.3 Å². The van der Waals surface area contributed by atoms with Crippen molar-refractivity contribution in [1.29, 1.82) is 0 Å². The van der Waals surface area contributed by atoms with Crippen molar-refractivity contribution in [2.24, 2.45) is 0 Å². The summed E-state index contributed by atoms with van der Waals surface area (Å²) in [5, 5.41) is 12.3. The van der Waals surface area contributed by atoms with Gasteiger partial charge in [-0.05, 0) is 30.3 Å². The maximum Gasteiger partial charge on any atom is 0.312 e. The molecule has 36 heavy (non-hydrogen) atoms. The predicted molar refractivity (Wildman–Crippen MR) is 119 cm³/mol. The van der Waals surface area contributed by atoms with Crippen LogP contribution in [0.4, 0.5) is 8.78 Å². The smallest absolute Gasteiger partial charge is 0.312 e. The average Bonchev–Trinajstić information content (AvgIpc) is 3.66. The molecule has 0 aromatic carbocycles. The van der Waals surface area contributed by atoms with Gasteiger partial charge in [-0.2, -0.15) is 5.10 Å². The van der Waals surface area contributed by atoms with Crippen molar-refractivity contribution in [3.63, 3.8) is 0 Å². The second kappa shape index (κ2) is 8.52. The van der Waals surface area contributed by atoms with Gasteiger partial charge >= 0.3 is 11.8 Å². The Labute approximate surface area is 201 Å². The Balaban J connectivity index is 1.38.